The summed E-state index contributed by atoms with van der Waals surface area (Å²) in [5, 5.41) is 4.23. The van der Waals surface area contributed by atoms with Crippen LogP contribution in [0.4, 0.5) is 0 Å². The maximum Gasteiger partial charge on any atom is 0.272 e. The van der Waals surface area contributed by atoms with E-state index in [-0.39, 0.29) is 5.91 Å². The molecule has 106 valence electrons. The van der Waals surface area contributed by atoms with E-state index in [0.29, 0.717) is 5.69 Å². The molecule has 1 aliphatic rings. The summed E-state index contributed by atoms with van der Waals surface area (Å²) < 4.78 is 1.67. The van der Waals surface area contributed by atoms with Gasteiger partial charge in [-0.25, -0.2) is 0 Å². The number of nitrogens with two attached hydrogens (primary N) is 1. The molecule has 1 saturated heterocycles. The normalized spacial score (nSPS) is 16.9. The van der Waals surface area contributed by atoms with E-state index in [1.54, 1.807) is 4.68 Å². The highest BCUT2D eigenvalue weighted by molar-refractivity contribution is 5.92. The first kappa shape index (κ1) is 14.0. The van der Waals surface area contributed by atoms with Crippen LogP contribution < -0.4 is 5.73 Å². The Morgan fingerprint density at radius 2 is 2.05 bits per heavy atom. The van der Waals surface area contributed by atoms with Crippen molar-refractivity contribution in [3.63, 3.8) is 0 Å². The van der Waals surface area contributed by atoms with Crippen LogP contribution in [-0.4, -0.2) is 64.8 Å². The molecule has 2 heterocycles. The summed E-state index contributed by atoms with van der Waals surface area (Å²) in [6.45, 7) is 7.10. The van der Waals surface area contributed by atoms with Crippen LogP contribution in [0.3, 0.4) is 0 Å². The van der Waals surface area contributed by atoms with Crippen molar-refractivity contribution < 1.29 is 4.79 Å². The molecule has 0 bridgehead atoms. The lowest BCUT2D eigenvalue weighted by Crippen LogP contribution is -2.49. The summed E-state index contributed by atoms with van der Waals surface area (Å²) in [4.78, 5) is 16.7. The zero-order chi connectivity index (χ0) is 13.8. The highest BCUT2D eigenvalue weighted by atomic mass is 16.2. The number of rotatable bonds is 4. The monoisotopic (exact) mass is 265 g/mol. The summed E-state index contributed by atoms with van der Waals surface area (Å²) in [6.07, 6.45) is 1.02. The number of aryl methyl sites for hydroxylation is 2. The Balaban J connectivity index is 1.91. The van der Waals surface area contributed by atoms with Crippen molar-refractivity contribution in [3.8, 4) is 0 Å². The van der Waals surface area contributed by atoms with Crippen LogP contribution >= 0.6 is 0 Å². The van der Waals surface area contributed by atoms with Gasteiger partial charge in [0, 0.05) is 33.2 Å². The van der Waals surface area contributed by atoms with E-state index in [9.17, 15) is 4.79 Å². The average Bonchev–Trinajstić information content (AvgIpc) is 2.75. The zero-order valence-corrected chi connectivity index (χ0v) is 11.8. The van der Waals surface area contributed by atoms with E-state index >= 15 is 0 Å². The SMILES string of the molecule is Cc1cc(C(=O)N2CCN(CCCN)CC2)n(C)n1. The fraction of sp³-hybridized carbons (Fsp3) is 0.692. The van der Waals surface area contributed by atoms with Gasteiger partial charge in [-0.3, -0.25) is 14.4 Å². The van der Waals surface area contributed by atoms with Crippen LogP contribution in [0.25, 0.3) is 0 Å². The molecule has 2 N–H and O–H groups in total. The second-order valence-corrected chi connectivity index (χ2v) is 5.07. The van der Waals surface area contributed by atoms with Crippen LogP contribution in [0.15, 0.2) is 6.07 Å². The molecular weight excluding hydrogens is 242 g/mol. The second kappa shape index (κ2) is 6.16. The van der Waals surface area contributed by atoms with E-state index in [1.807, 2.05) is 24.9 Å². The lowest BCUT2D eigenvalue weighted by Gasteiger charge is -2.34. The van der Waals surface area contributed by atoms with E-state index in [2.05, 4.69) is 10.00 Å². The smallest absolute Gasteiger partial charge is 0.272 e. The fourth-order valence-electron chi connectivity index (χ4n) is 2.46. The number of hydrogen-bond donors (Lipinski definition) is 1. The van der Waals surface area contributed by atoms with E-state index in [4.69, 9.17) is 5.73 Å². The number of piperazine rings is 1. The van der Waals surface area contributed by atoms with Gasteiger partial charge in [0.1, 0.15) is 5.69 Å². The minimum Gasteiger partial charge on any atom is -0.335 e. The maximum absolute atomic E-state index is 12.4. The third-order valence-electron chi connectivity index (χ3n) is 3.56. The Morgan fingerprint density at radius 3 is 2.58 bits per heavy atom. The van der Waals surface area contributed by atoms with E-state index in [0.717, 1.165) is 51.4 Å². The number of aromatic nitrogens is 2. The van der Waals surface area contributed by atoms with Crippen molar-refractivity contribution >= 4 is 5.91 Å². The van der Waals surface area contributed by atoms with Crippen molar-refractivity contribution in [1.82, 2.24) is 19.6 Å². The molecule has 0 spiro atoms. The van der Waals surface area contributed by atoms with Gasteiger partial charge in [0.2, 0.25) is 0 Å². The molecule has 0 unspecified atom stereocenters. The van der Waals surface area contributed by atoms with Crippen molar-refractivity contribution in [2.75, 3.05) is 39.3 Å². The van der Waals surface area contributed by atoms with Crippen molar-refractivity contribution in [2.24, 2.45) is 12.8 Å². The van der Waals surface area contributed by atoms with Gasteiger partial charge in [-0.1, -0.05) is 0 Å². The third kappa shape index (κ3) is 3.33. The Labute approximate surface area is 114 Å². The Bertz CT molecular complexity index is 434. The molecule has 2 rings (SSSR count). The Kier molecular flexibility index (Phi) is 4.55. The van der Waals surface area contributed by atoms with Gasteiger partial charge in [-0.2, -0.15) is 5.10 Å². The number of hydrogen-bond acceptors (Lipinski definition) is 4. The maximum atomic E-state index is 12.4. The van der Waals surface area contributed by atoms with Crippen LogP contribution in [0.1, 0.15) is 22.6 Å². The van der Waals surface area contributed by atoms with Crippen LogP contribution in [0, 0.1) is 6.92 Å². The molecule has 6 heteroatoms. The van der Waals surface area contributed by atoms with E-state index in [1.165, 1.54) is 0 Å². The van der Waals surface area contributed by atoms with Gasteiger partial charge in [-0.05, 0) is 32.5 Å². The topological polar surface area (TPSA) is 67.4 Å². The predicted molar refractivity (Wildman–Crippen MR) is 74.0 cm³/mol. The lowest BCUT2D eigenvalue weighted by atomic mass is 10.2. The first-order chi connectivity index (χ1) is 9.11. The minimum absolute atomic E-state index is 0.0848. The van der Waals surface area contributed by atoms with Crippen molar-refractivity contribution in [3.05, 3.63) is 17.5 Å². The second-order valence-electron chi connectivity index (χ2n) is 5.07. The third-order valence-corrected chi connectivity index (χ3v) is 3.56. The molecule has 0 aliphatic carbocycles. The lowest BCUT2D eigenvalue weighted by molar-refractivity contribution is 0.0626. The fourth-order valence-corrected chi connectivity index (χ4v) is 2.46. The molecule has 1 aliphatic heterocycles. The van der Waals surface area contributed by atoms with Crippen LogP contribution in [0.5, 0.6) is 0 Å². The van der Waals surface area contributed by atoms with Gasteiger partial charge in [0.15, 0.2) is 0 Å². The minimum atomic E-state index is 0.0848. The average molecular weight is 265 g/mol. The zero-order valence-electron chi connectivity index (χ0n) is 11.8. The standard InChI is InChI=1S/C13H23N5O/c1-11-10-12(16(2)15-11)13(19)18-8-6-17(7-9-18)5-3-4-14/h10H,3-9,14H2,1-2H3. The quantitative estimate of drug-likeness (QED) is 0.821. The van der Waals surface area contributed by atoms with Gasteiger partial charge in [-0.15, -0.1) is 0 Å². The summed E-state index contributed by atoms with van der Waals surface area (Å²) in [6, 6.07) is 1.85. The van der Waals surface area contributed by atoms with Gasteiger partial charge < -0.3 is 10.6 Å². The molecule has 0 aromatic carbocycles. The molecule has 0 atom stereocenters. The van der Waals surface area contributed by atoms with Crippen LogP contribution in [0.2, 0.25) is 0 Å². The Hall–Kier alpha value is -1.40. The summed E-state index contributed by atoms with van der Waals surface area (Å²) in [7, 11) is 1.82. The first-order valence-electron chi connectivity index (χ1n) is 6.84. The molecule has 6 nitrogen and oxygen atoms in total. The Morgan fingerprint density at radius 1 is 1.37 bits per heavy atom. The van der Waals surface area contributed by atoms with Crippen molar-refractivity contribution in [2.45, 2.75) is 13.3 Å². The predicted octanol–water partition coefficient (Wildman–Crippen LogP) is -0.165. The number of amides is 1. The first-order valence-corrected chi connectivity index (χ1v) is 6.84. The summed E-state index contributed by atoms with van der Waals surface area (Å²) in [5.41, 5.74) is 7.07. The van der Waals surface area contributed by atoms with Crippen molar-refractivity contribution in [1.29, 1.82) is 0 Å². The van der Waals surface area contributed by atoms with Gasteiger partial charge in [0.05, 0.1) is 5.69 Å². The molecular formula is C13H23N5O. The van der Waals surface area contributed by atoms with Gasteiger partial charge >= 0.3 is 0 Å². The largest absolute Gasteiger partial charge is 0.335 e. The number of carbonyl (C=O) groups is 1. The summed E-state index contributed by atoms with van der Waals surface area (Å²) in [5.74, 6) is 0.0848. The van der Waals surface area contributed by atoms with Crippen LogP contribution in [-0.2, 0) is 7.05 Å². The molecule has 1 aromatic heterocycles. The van der Waals surface area contributed by atoms with E-state index < -0.39 is 0 Å². The molecule has 19 heavy (non-hydrogen) atoms. The molecule has 1 aromatic rings. The van der Waals surface area contributed by atoms with Gasteiger partial charge in [0.25, 0.3) is 5.91 Å². The molecule has 1 fully saturated rings. The molecule has 0 radical (unpaired) electrons. The molecule has 0 saturated carbocycles. The highest BCUT2D eigenvalue weighted by Gasteiger charge is 2.23. The summed E-state index contributed by atoms with van der Waals surface area (Å²) >= 11 is 0. The highest BCUT2D eigenvalue weighted by Crippen LogP contribution is 2.09. The number of carbonyl (C=O) groups excluding carboxylic acids is 1. The number of nitrogens with zero attached hydrogens (tertiary/aromatic N) is 4. The molecule has 1 amide bonds.